The van der Waals surface area contributed by atoms with Crippen molar-refractivity contribution in [3.63, 3.8) is 0 Å². The number of aromatic hydroxyl groups is 1. The Bertz CT molecular complexity index is 619. The van der Waals surface area contributed by atoms with E-state index in [4.69, 9.17) is 0 Å². The van der Waals surface area contributed by atoms with Gasteiger partial charge < -0.3 is 10.4 Å². The van der Waals surface area contributed by atoms with E-state index in [0.717, 1.165) is 17.7 Å². The number of fused-ring (bicyclic) bond motifs is 1. The Balaban J connectivity index is 1.80. The van der Waals surface area contributed by atoms with E-state index in [1.54, 1.807) is 24.3 Å². The van der Waals surface area contributed by atoms with Gasteiger partial charge in [-0.2, -0.15) is 0 Å². The summed E-state index contributed by atoms with van der Waals surface area (Å²) in [6.45, 7) is 1.53. The maximum Gasteiger partial charge on any atom is 0.145 e. The molecule has 20 heavy (non-hydrogen) atoms. The largest absolute Gasteiger partial charge is 0.508 e. The first-order valence-electron chi connectivity index (χ1n) is 6.83. The van der Waals surface area contributed by atoms with Crippen molar-refractivity contribution in [1.82, 2.24) is 5.32 Å². The van der Waals surface area contributed by atoms with Gasteiger partial charge >= 0.3 is 0 Å². The number of phenols is 1. The van der Waals surface area contributed by atoms with Crippen molar-refractivity contribution >= 4 is 5.78 Å². The maximum atomic E-state index is 12.5. The van der Waals surface area contributed by atoms with Gasteiger partial charge in [0, 0.05) is 19.5 Å². The number of ketones is 1. The molecule has 2 aromatic carbocycles. The number of rotatable bonds is 3. The third kappa shape index (κ3) is 2.58. The van der Waals surface area contributed by atoms with Crippen LogP contribution in [0.15, 0.2) is 48.5 Å². The Labute approximate surface area is 118 Å². The molecule has 2 aromatic rings. The summed E-state index contributed by atoms with van der Waals surface area (Å²) in [4.78, 5) is 12.5. The molecule has 0 aliphatic carbocycles. The maximum absolute atomic E-state index is 12.5. The van der Waals surface area contributed by atoms with Gasteiger partial charge in [0.1, 0.15) is 11.5 Å². The van der Waals surface area contributed by atoms with Crippen LogP contribution in [-0.2, 0) is 17.8 Å². The lowest BCUT2D eigenvalue weighted by molar-refractivity contribution is -0.119. The van der Waals surface area contributed by atoms with Crippen LogP contribution in [0, 0.1) is 0 Å². The zero-order valence-electron chi connectivity index (χ0n) is 11.2. The van der Waals surface area contributed by atoms with Crippen LogP contribution in [0.3, 0.4) is 0 Å². The SMILES string of the molecule is O=C(Cc1ccc(O)cc1)C1CNCc2ccccc21. The Morgan fingerprint density at radius 3 is 2.70 bits per heavy atom. The van der Waals surface area contributed by atoms with E-state index in [1.807, 2.05) is 12.1 Å². The average molecular weight is 267 g/mol. The monoisotopic (exact) mass is 267 g/mol. The summed E-state index contributed by atoms with van der Waals surface area (Å²) in [5, 5.41) is 12.6. The molecule has 0 saturated heterocycles. The molecule has 0 bridgehead atoms. The van der Waals surface area contributed by atoms with Crippen LogP contribution in [0.2, 0.25) is 0 Å². The van der Waals surface area contributed by atoms with Gasteiger partial charge in [0.25, 0.3) is 0 Å². The van der Waals surface area contributed by atoms with Crippen LogP contribution < -0.4 is 5.32 Å². The third-order valence-corrected chi connectivity index (χ3v) is 3.80. The molecule has 2 N–H and O–H groups in total. The number of carbonyl (C=O) groups is 1. The number of benzene rings is 2. The highest BCUT2D eigenvalue weighted by Crippen LogP contribution is 2.25. The van der Waals surface area contributed by atoms with Crippen LogP contribution in [0.25, 0.3) is 0 Å². The Hall–Kier alpha value is -2.13. The van der Waals surface area contributed by atoms with Gasteiger partial charge in [0.15, 0.2) is 0 Å². The van der Waals surface area contributed by atoms with E-state index in [9.17, 15) is 9.90 Å². The van der Waals surface area contributed by atoms with Crippen LogP contribution in [0.1, 0.15) is 22.6 Å². The first-order chi connectivity index (χ1) is 9.74. The number of carbonyl (C=O) groups excluding carboxylic acids is 1. The van der Waals surface area contributed by atoms with Gasteiger partial charge in [-0.3, -0.25) is 4.79 Å². The van der Waals surface area contributed by atoms with Crippen LogP contribution in [-0.4, -0.2) is 17.4 Å². The second-order valence-corrected chi connectivity index (χ2v) is 5.19. The topological polar surface area (TPSA) is 49.3 Å². The van der Waals surface area contributed by atoms with E-state index in [-0.39, 0.29) is 17.5 Å². The van der Waals surface area contributed by atoms with Crippen molar-refractivity contribution in [3.8, 4) is 5.75 Å². The fourth-order valence-corrected chi connectivity index (χ4v) is 2.72. The highest BCUT2D eigenvalue weighted by atomic mass is 16.3. The molecule has 0 radical (unpaired) electrons. The first-order valence-corrected chi connectivity index (χ1v) is 6.83. The smallest absolute Gasteiger partial charge is 0.145 e. The number of phenolic OH excluding ortho intramolecular Hbond substituents is 1. The molecule has 0 spiro atoms. The van der Waals surface area contributed by atoms with Gasteiger partial charge in [-0.15, -0.1) is 0 Å². The van der Waals surface area contributed by atoms with Crippen molar-refractivity contribution in [2.75, 3.05) is 6.54 Å². The molecule has 1 unspecified atom stereocenters. The molecule has 1 atom stereocenters. The average Bonchev–Trinajstić information content (AvgIpc) is 2.49. The molecular weight excluding hydrogens is 250 g/mol. The first kappa shape index (κ1) is 12.9. The van der Waals surface area contributed by atoms with Gasteiger partial charge in [0.05, 0.1) is 5.92 Å². The lowest BCUT2D eigenvalue weighted by atomic mass is 9.85. The minimum absolute atomic E-state index is 0.0752. The minimum atomic E-state index is -0.0752. The van der Waals surface area contributed by atoms with E-state index < -0.39 is 0 Å². The van der Waals surface area contributed by atoms with Crippen molar-refractivity contribution in [2.45, 2.75) is 18.9 Å². The van der Waals surface area contributed by atoms with E-state index in [2.05, 4.69) is 17.4 Å². The molecule has 3 heteroatoms. The minimum Gasteiger partial charge on any atom is -0.508 e. The molecule has 3 nitrogen and oxygen atoms in total. The second kappa shape index (κ2) is 5.47. The standard InChI is InChI=1S/C17H17NO2/c19-14-7-5-12(6-8-14)9-17(20)16-11-18-10-13-3-1-2-4-15(13)16/h1-8,16,18-19H,9-11H2. The van der Waals surface area contributed by atoms with Crippen molar-refractivity contribution in [1.29, 1.82) is 0 Å². The molecule has 0 amide bonds. The summed E-state index contributed by atoms with van der Waals surface area (Å²) in [5.74, 6) is 0.370. The zero-order chi connectivity index (χ0) is 13.9. The number of hydrogen-bond donors (Lipinski definition) is 2. The summed E-state index contributed by atoms with van der Waals surface area (Å²) in [7, 11) is 0. The molecule has 1 aliphatic heterocycles. The van der Waals surface area contributed by atoms with Gasteiger partial charge in [-0.1, -0.05) is 36.4 Å². The molecule has 0 fully saturated rings. The molecule has 0 saturated carbocycles. The number of Topliss-reactive ketones (excluding diaryl/α,β-unsaturated/α-hetero) is 1. The van der Waals surface area contributed by atoms with Crippen LogP contribution >= 0.6 is 0 Å². The molecule has 1 heterocycles. The van der Waals surface area contributed by atoms with E-state index >= 15 is 0 Å². The number of hydrogen-bond acceptors (Lipinski definition) is 3. The Morgan fingerprint density at radius 2 is 1.90 bits per heavy atom. The summed E-state index contributed by atoms with van der Waals surface area (Å²) in [5.41, 5.74) is 3.30. The summed E-state index contributed by atoms with van der Waals surface area (Å²) in [6, 6.07) is 15.0. The van der Waals surface area contributed by atoms with Crippen LogP contribution in [0.5, 0.6) is 5.75 Å². The second-order valence-electron chi connectivity index (χ2n) is 5.19. The summed E-state index contributed by atoms with van der Waals surface area (Å²) >= 11 is 0. The number of nitrogens with one attached hydrogen (secondary N) is 1. The fraction of sp³-hybridized carbons (Fsp3) is 0.235. The van der Waals surface area contributed by atoms with Gasteiger partial charge in [-0.25, -0.2) is 0 Å². The summed E-state index contributed by atoms with van der Waals surface area (Å²) in [6.07, 6.45) is 0.404. The molecule has 1 aliphatic rings. The highest BCUT2D eigenvalue weighted by Gasteiger charge is 2.25. The van der Waals surface area contributed by atoms with E-state index in [1.165, 1.54) is 5.56 Å². The molecule has 0 aromatic heterocycles. The molecular formula is C17H17NO2. The third-order valence-electron chi connectivity index (χ3n) is 3.80. The normalized spacial score (nSPS) is 17.5. The van der Waals surface area contributed by atoms with Gasteiger partial charge in [-0.05, 0) is 28.8 Å². The zero-order valence-corrected chi connectivity index (χ0v) is 11.2. The van der Waals surface area contributed by atoms with Crippen molar-refractivity contribution in [3.05, 3.63) is 65.2 Å². The predicted octanol–water partition coefficient (Wildman–Crippen LogP) is 2.39. The fourth-order valence-electron chi connectivity index (χ4n) is 2.72. The lowest BCUT2D eigenvalue weighted by Crippen LogP contribution is -2.33. The summed E-state index contributed by atoms with van der Waals surface area (Å²) < 4.78 is 0. The lowest BCUT2D eigenvalue weighted by Gasteiger charge is -2.25. The quantitative estimate of drug-likeness (QED) is 0.897. The Morgan fingerprint density at radius 1 is 1.15 bits per heavy atom. The molecule has 102 valence electrons. The van der Waals surface area contributed by atoms with Crippen LogP contribution in [0.4, 0.5) is 0 Å². The Kier molecular flexibility index (Phi) is 3.52. The molecule has 3 rings (SSSR count). The van der Waals surface area contributed by atoms with Crippen molar-refractivity contribution in [2.24, 2.45) is 0 Å². The van der Waals surface area contributed by atoms with Gasteiger partial charge in [0.2, 0.25) is 0 Å². The predicted molar refractivity (Wildman–Crippen MR) is 77.7 cm³/mol. The van der Waals surface area contributed by atoms with E-state index in [0.29, 0.717) is 13.0 Å². The highest BCUT2D eigenvalue weighted by molar-refractivity contribution is 5.88. The van der Waals surface area contributed by atoms with Crippen molar-refractivity contribution < 1.29 is 9.90 Å².